The summed E-state index contributed by atoms with van der Waals surface area (Å²) >= 11 is 1.44. The highest BCUT2D eigenvalue weighted by Crippen LogP contribution is 2.23. The average molecular weight is 241 g/mol. The Balaban J connectivity index is 2.18. The first-order chi connectivity index (χ1) is 7.59. The van der Waals surface area contributed by atoms with Crippen LogP contribution in [0, 0.1) is 6.92 Å². The van der Waals surface area contributed by atoms with E-state index < -0.39 is 12.0 Å². The van der Waals surface area contributed by atoms with Crippen LogP contribution < -0.4 is 0 Å². The lowest BCUT2D eigenvalue weighted by molar-refractivity contribution is -0.140. The zero-order valence-electron chi connectivity index (χ0n) is 8.67. The second-order valence-electron chi connectivity index (χ2n) is 3.57. The Morgan fingerprint density at radius 3 is 2.94 bits per heavy atom. The predicted octanol–water partition coefficient (Wildman–Crippen LogP) is 1.19. The fourth-order valence-electron chi connectivity index (χ4n) is 1.57. The SMILES string of the molecule is Cc1cc(C(=O)N2CSCC2C(=O)O)co1. The second-order valence-corrected chi connectivity index (χ2v) is 4.57. The molecule has 0 saturated carbocycles. The zero-order valence-corrected chi connectivity index (χ0v) is 9.49. The Morgan fingerprint density at radius 1 is 1.62 bits per heavy atom. The van der Waals surface area contributed by atoms with E-state index in [-0.39, 0.29) is 5.91 Å². The summed E-state index contributed by atoms with van der Waals surface area (Å²) in [6.45, 7) is 1.74. The molecule has 0 bridgehead atoms. The fourth-order valence-corrected chi connectivity index (χ4v) is 2.71. The summed E-state index contributed by atoms with van der Waals surface area (Å²) in [6.07, 6.45) is 1.36. The highest BCUT2D eigenvalue weighted by Gasteiger charge is 2.35. The van der Waals surface area contributed by atoms with Crippen LogP contribution >= 0.6 is 11.8 Å². The minimum atomic E-state index is -0.960. The first kappa shape index (κ1) is 11.1. The smallest absolute Gasteiger partial charge is 0.327 e. The quantitative estimate of drug-likeness (QED) is 0.842. The van der Waals surface area contributed by atoms with Crippen LogP contribution in [0.2, 0.25) is 0 Å². The van der Waals surface area contributed by atoms with Crippen molar-refractivity contribution in [3.05, 3.63) is 23.7 Å². The number of carboxylic acid groups (broad SMARTS) is 1. The van der Waals surface area contributed by atoms with Crippen molar-refractivity contribution >= 4 is 23.6 Å². The van der Waals surface area contributed by atoms with Crippen molar-refractivity contribution in [3.63, 3.8) is 0 Å². The van der Waals surface area contributed by atoms with E-state index >= 15 is 0 Å². The number of thioether (sulfide) groups is 1. The van der Waals surface area contributed by atoms with E-state index in [1.807, 2.05) is 0 Å². The van der Waals surface area contributed by atoms with Crippen LogP contribution in [-0.2, 0) is 4.79 Å². The molecule has 1 aliphatic heterocycles. The van der Waals surface area contributed by atoms with Crippen LogP contribution in [0.4, 0.5) is 0 Å². The molecule has 0 spiro atoms. The van der Waals surface area contributed by atoms with Crippen LogP contribution in [0.25, 0.3) is 0 Å². The normalized spacial score (nSPS) is 20.1. The number of carboxylic acids is 1. The van der Waals surface area contributed by atoms with Gasteiger partial charge >= 0.3 is 5.97 Å². The summed E-state index contributed by atoms with van der Waals surface area (Å²) in [5.41, 5.74) is 0.409. The van der Waals surface area contributed by atoms with E-state index in [0.717, 1.165) is 0 Å². The summed E-state index contributed by atoms with van der Waals surface area (Å²) in [7, 11) is 0. The molecule has 0 aliphatic carbocycles. The number of aryl methyl sites for hydroxylation is 1. The van der Waals surface area contributed by atoms with Crippen LogP contribution in [0.1, 0.15) is 16.1 Å². The number of furan rings is 1. The van der Waals surface area contributed by atoms with Crippen LogP contribution in [0.15, 0.2) is 16.7 Å². The van der Waals surface area contributed by atoms with Gasteiger partial charge in [0, 0.05) is 5.75 Å². The molecule has 5 nitrogen and oxygen atoms in total. The van der Waals surface area contributed by atoms with Gasteiger partial charge in [-0.15, -0.1) is 11.8 Å². The van der Waals surface area contributed by atoms with Gasteiger partial charge in [-0.2, -0.15) is 0 Å². The molecule has 0 radical (unpaired) electrons. The largest absolute Gasteiger partial charge is 0.480 e. The van der Waals surface area contributed by atoms with Gasteiger partial charge in [-0.3, -0.25) is 4.79 Å². The number of rotatable bonds is 2. The van der Waals surface area contributed by atoms with E-state index in [1.165, 1.54) is 22.9 Å². The van der Waals surface area contributed by atoms with Crippen molar-refractivity contribution in [2.75, 3.05) is 11.6 Å². The van der Waals surface area contributed by atoms with Gasteiger partial charge in [0.05, 0.1) is 11.4 Å². The van der Waals surface area contributed by atoms with E-state index in [2.05, 4.69) is 0 Å². The molecular formula is C10H11NO4S. The van der Waals surface area contributed by atoms with Crippen LogP contribution in [-0.4, -0.2) is 39.6 Å². The summed E-state index contributed by atoms with van der Waals surface area (Å²) < 4.78 is 5.04. The van der Waals surface area contributed by atoms with Crippen molar-refractivity contribution in [3.8, 4) is 0 Å². The number of carbonyl (C=O) groups is 2. The van der Waals surface area contributed by atoms with Gasteiger partial charge in [-0.05, 0) is 13.0 Å². The number of amides is 1. The Morgan fingerprint density at radius 2 is 2.38 bits per heavy atom. The maximum absolute atomic E-state index is 12.0. The molecule has 1 unspecified atom stereocenters. The van der Waals surface area contributed by atoms with Crippen molar-refractivity contribution in [2.45, 2.75) is 13.0 Å². The van der Waals surface area contributed by atoms with Gasteiger partial charge in [0.2, 0.25) is 0 Å². The van der Waals surface area contributed by atoms with Crippen LogP contribution in [0.5, 0.6) is 0 Å². The molecule has 1 fully saturated rings. The molecule has 6 heteroatoms. The second kappa shape index (κ2) is 4.21. The molecule has 1 N–H and O–H groups in total. The molecule has 16 heavy (non-hydrogen) atoms. The maximum atomic E-state index is 12.0. The average Bonchev–Trinajstić information content (AvgIpc) is 2.84. The molecule has 1 atom stereocenters. The Labute approximate surface area is 96.4 Å². The van der Waals surface area contributed by atoms with Crippen LogP contribution in [0.3, 0.4) is 0 Å². The molecule has 0 aromatic carbocycles. The predicted molar refractivity (Wildman–Crippen MR) is 58.4 cm³/mol. The zero-order chi connectivity index (χ0) is 11.7. The number of aliphatic carboxylic acids is 1. The van der Waals surface area contributed by atoms with Gasteiger partial charge in [0.25, 0.3) is 5.91 Å². The third-order valence-electron chi connectivity index (χ3n) is 2.41. The number of nitrogens with zero attached hydrogens (tertiary/aromatic N) is 1. The molecular weight excluding hydrogens is 230 g/mol. The highest BCUT2D eigenvalue weighted by molar-refractivity contribution is 7.99. The minimum absolute atomic E-state index is 0.283. The molecule has 1 saturated heterocycles. The van der Waals surface area contributed by atoms with Gasteiger partial charge in [0.15, 0.2) is 0 Å². The molecule has 1 aliphatic rings. The summed E-state index contributed by atoms with van der Waals surface area (Å²) in [5, 5.41) is 8.95. The van der Waals surface area contributed by atoms with Gasteiger partial charge in [0.1, 0.15) is 18.1 Å². The van der Waals surface area contributed by atoms with Crippen molar-refractivity contribution in [1.29, 1.82) is 0 Å². The number of carbonyl (C=O) groups excluding carboxylic acids is 1. The molecule has 2 heterocycles. The van der Waals surface area contributed by atoms with E-state index in [1.54, 1.807) is 13.0 Å². The van der Waals surface area contributed by atoms with E-state index in [0.29, 0.717) is 23.0 Å². The third-order valence-corrected chi connectivity index (χ3v) is 3.42. The number of hydrogen-bond acceptors (Lipinski definition) is 4. The van der Waals surface area contributed by atoms with E-state index in [9.17, 15) is 9.59 Å². The van der Waals surface area contributed by atoms with E-state index in [4.69, 9.17) is 9.52 Å². The highest BCUT2D eigenvalue weighted by atomic mass is 32.2. The monoisotopic (exact) mass is 241 g/mol. The summed E-state index contributed by atoms with van der Waals surface area (Å²) in [6, 6.07) is 0.886. The maximum Gasteiger partial charge on any atom is 0.327 e. The molecule has 1 amide bonds. The topological polar surface area (TPSA) is 70.8 Å². The van der Waals surface area contributed by atoms with Gasteiger partial charge in [-0.25, -0.2) is 4.79 Å². The van der Waals surface area contributed by atoms with Crippen molar-refractivity contribution in [2.24, 2.45) is 0 Å². The lowest BCUT2D eigenvalue weighted by Crippen LogP contribution is -2.41. The minimum Gasteiger partial charge on any atom is -0.480 e. The molecule has 1 aromatic rings. The van der Waals surface area contributed by atoms with Gasteiger partial charge in [-0.1, -0.05) is 0 Å². The molecule has 86 valence electrons. The Kier molecular flexibility index (Phi) is 2.91. The first-order valence-electron chi connectivity index (χ1n) is 4.76. The van der Waals surface area contributed by atoms with Crippen molar-refractivity contribution in [1.82, 2.24) is 4.90 Å². The molecule has 1 aromatic heterocycles. The standard InChI is InChI=1S/C10H11NO4S/c1-6-2-7(3-15-6)9(12)11-5-16-4-8(11)10(13)14/h2-3,8H,4-5H2,1H3,(H,13,14). The third kappa shape index (κ3) is 1.92. The lowest BCUT2D eigenvalue weighted by Gasteiger charge is -2.19. The number of hydrogen-bond donors (Lipinski definition) is 1. The summed E-state index contributed by atoms with van der Waals surface area (Å²) in [5.74, 6) is 0.257. The Hall–Kier alpha value is -1.43. The lowest BCUT2D eigenvalue weighted by atomic mass is 10.2. The van der Waals surface area contributed by atoms with Crippen molar-refractivity contribution < 1.29 is 19.1 Å². The summed E-state index contributed by atoms with van der Waals surface area (Å²) in [4.78, 5) is 24.2. The first-order valence-corrected chi connectivity index (χ1v) is 5.91. The Bertz CT molecular complexity index is 428. The fraction of sp³-hybridized carbons (Fsp3) is 0.400. The van der Waals surface area contributed by atoms with Gasteiger partial charge < -0.3 is 14.4 Å². The molecule has 2 rings (SSSR count).